The van der Waals surface area contributed by atoms with Gasteiger partial charge in [-0.15, -0.1) is 0 Å². The molecule has 0 unspecified atom stereocenters. The van der Waals surface area contributed by atoms with Crippen molar-refractivity contribution in [2.24, 2.45) is 11.8 Å². The molecule has 2 rings (SSSR count). The molecule has 0 radical (unpaired) electrons. The van der Waals surface area contributed by atoms with Gasteiger partial charge in [-0.05, 0) is 43.7 Å². The van der Waals surface area contributed by atoms with Crippen LogP contribution < -0.4 is 10.1 Å². The van der Waals surface area contributed by atoms with Gasteiger partial charge in [0.1, 0.15) is 0 Å². The van der Waals surface area contributed by atoms with E-state index in [0.29, 0.717) is 6.61 Å². The second-order valence-electron chi connectivity index (χ2n) is 5.29. The first kappa shape index (κ1) is 13.2. The van der Waals surface area contributed by atoms with Crippen LogP contribution in [0.1, 0.15) is 39.5 Å². The van der Waals surface area contributed by atoms with Crippen LogP contribution in [0.2, 0.25) is 0 Å². The topological polar surface area (TPSA) is 34.1 Å². The summed E-state index contributed by atoms with van der Waals surface area (Å²) in [6.45, 7) is 6.06. The van der Waals surface area contributed by atoms with Crippen molar-refractivity contribution < 1.29 is 4.74 Å². The lowest BCUT2D eigenvalue weighted by Crippen LogP contribution is -2.20. The number of hydrogen-bond acceptors (Lipinski definition) is 3. The Bertz CT molecular complexity index is 359. The second kappa shape index (κ2) is 6.62. The van der Waals surface area contributed by atoms with Gasteiger partial charge in [-0.25, -0.2) is 4.98 Å². The minimum Gasteiger partial charge on any atom is -0.490 e. The number of nitrogens with one attached hydrogen (secondary N) is 1. The molecule has 0 spiro atoms. The molecule has 1 aliphatic carbocycles. The van der Waals surface area contributed by atoms with E-state index in [0.717, 1.165) is 29.9 Å². The zero-order chi connectivity index (χ0) is 12.8. The lowest BCUT2D eigenvalue weighted by Gasteiger charge is -2.26. The summed E-state index contributed by atoms with van der Waals surface area (Å²) < 4.78 is 5.57. The Labute approximate surface area is 110 Å². The predicted molar refractivity (Wildman–Crippen MR) is 75.0 cm³/mol. The van der Waals surface area contributed by atoms with Crippen molar-refractivity contribution in [2.75, 3.05) is 18.5 Å². The maximum atomic E-state index is 5.57. The number of nitrogens with zero attached hydrogens (tertiary/aromatic N) is 1. The fourth-order valence-electron chi connectivity index (χ4n) is 2.57. The van der Waals surface area contributed by atoms with Crippen molar-refractivity contribution >= 4 is 5.82 Å². The molecule has 0 atom stereocenters. The van der Waals surface area contributed by atoms with E-state index in [1.807, 2.05) is 25.3 Å². The predicted octanol–water partition coefficient (Wildman–Crippen LogP) is 3.72. The van der Waals surface area contributed by atoms with Crippen LogP contribution in [0.5, 0.6) is 5.75 Å². The van der Waals surface area contributed by atoms with Crippen LogP contribution in [0.25, 0.3) is 0 Å². The molecule has 1 aliphatic rings. The Hall–Kier alpha value is -1.25. The number of aromatic nitrogens is 1. The van der Waals surface area contributed by atoms with Gasteiger partial charge >= 0.3 is 0 Å². The van der Waals surface area contributed by atoms with Crippen molar-refractivity contribution in [1.82, 2.24) is 4.98 Å². The average Bonchev–Trinajstić information content (AvgIpc) is 2.40. The summed E-state index contributed by atoms with van der Waals surface area (Å²) in [5.74, 6) is 3.45. The van der Waals surface area contributed by atoms with E-state index in [1.165, 1.54) is 25.7 Å². The molecule has 1 saturated carbocycles. The van der Waals surface area contributed by atoms with E-state index in [1.54, 1.807) is 0 Å². The van der Waals surface area contributed by atoms with Crippen molar-refractivity contribution in [3.8, 4) is 5.75 Å². The van der Waals surface area contributed by atoms with Crippen LogP contribution in [0, 0.1) is 11.8 Å². The molecule has 1 aromatic rings. The number of ether oxygens (including phenoxy) is 1. The van der Waals surface area contributed by atoms with E-state index in [2.05, 4.69) is 17.2 Å². The molecule has 1 fully saturated rings. The minimum atomic E-state index is 0.682. The summed E-state index contributed by atoms with van der Waals surface area (Å²) in [7, 11) is 0. The molecule has 0 amide bonds. The lowest BCUT2D eigenvalue weighted by molar-refractivity contribution is 0.299. The first-order valence-electron chi connectivity index (χ1n) is 7.11. The van der Waals surface area contributed by atoms with Crippen LogP contribution in [0.4, 0.5) is 5.82 Å². The molecular weight excluding hydrogens is 224 g/mol. The molecular formula is C15H24N2O. The number of anilines is 1. The van der Waals surface area contributed by atoms with Gasteiger partial charge in [0, 0.05) is 12.7 Å². The summed E-state index contributed by atoms with van der Waals surface area (Å²) in [5.41, 5.74) is 0. The van der Waals surface area contributed by atoms with Crippen molar-refractivity contribution in [3.63, 3.8) is 0 Å². The van der Waals surface area contributed by atoms with E-state index in [-0.39, 0.29) is 0 Å². The van der Waals surface area contributed by atoms with Gasteiger partial charge in [0.25, 0.3) is 0 Å². The third kappa shape index (κ3) is 3.62. The number of pyridine rings is 1. The van der Waals surface area contributed by atoms with Gasteiger partial charge in [-0.1, -0.05) is 19.8 Å². The van der Waals surface area contributed by atoms with Crippen LogP contribution in [0.3, 0.4) is 0 Å². The second-order valence-corrected chi connectivity index (χ2v) is 5.29. The summed E-state index contributed by atoms with van der Waals surface area (Å²) >= 11 is 0. The van der Waals surface area contributed by atoms with E-state index in [9.17, 15) is 0 Å². The standard InChI is InChI=1S/C15H24N2O/c1-3-18-14-5-4-10-16-15(14)17-11-13-8-6-12(2)7-9-13/h4-5,10,12-13H,3,6-9,11H2,1-2H3,(H,16,17). The Balaban J connectivity index is 1.86. The molecule has 1 aromatic heterocycles. The monoisotopic (exact) mass is 248 g/mol. The summed E-state index contributed by atoms with van der Waals surface area (Å²) in [5, 5.41) is 3.45. The SMILES string of the molecule is CCOc1cccnc1NCC1CCC(C)CC1. The van der Waals surface area contributed by atoms with Gasteiger partial charge in [-0.3, -0.25) is 0 Å². The molecule has 1 N–H and O–H groups in total. The quantitative estimate of drug-likeness (QED) is 0.862. The average molecular weight is 248 g/mol. The van der Waals surface area contributed by atoms with E-state index < -0.39 is 0 Å². The molecule has 18 heavy (non-hydrogen) atoms. The van der Waals surface area contributed by atoms with Crippen LogP contribution in [-0.4, -0.2) is 18.1 Å². The number of hydrogen-bond donors (Lipinski definition) is 1. The molecule has 3 heteroatoms. The highest BCUT2D eigenvalue weighted by Crippen LogP contribution is 2.29. The van der Waals surface area contributed by atoms with E-state index >= 15 is 0 Å². The smallest absolute Gasteiger partial charge is 0.168 e. The molecule has 0 aromatic carbocycles. The minimum absolute atomic E-state index is 0.682. The molecule has 1 heterocycles. The van der Waals surface area contributed by atoms with Gasteiger partial charge in [-0.2, -0.15) is 0 Å². The Morgan fingerprint density at radius 2 is 2.11 bits per heavy atom. The highest BCUT2D eigenvalue weighted by molar-refractivity contribution is 5.49. The third-order valence-electron chi connectivity index (χ3n) is 3.76. The zero-order valence-electron chi connectivity index (χ0n) is 11.5. The summed E-state index contributed by atoms with van der Waals surface area (Å²) in [6, 6.07) is 3.89. The Morgan fingerprint density at radius 1 is 1.33 bits per heavy atom. The summed E-state index contributed by atoms with van der Waals surface area (Å²) in [6.07, 6.45) is 7.23. The highest BCUT2D eigenvalue weighted by atomic mass is 16.5. The highest BCUT2D eigenvalue weighted by Gasteiger charge is 2.18. The molecule has 0 bridgehead atoms. The first-order chi connectivity index (χ1) is 8.79. The van der Waals surface area contributed by atoms with Crippen LogP contribution >= 0.6 is 0 Å². The van der Waals surface area contributed by atoms with Gasteiger partial charge in [0.05, 0.1) is 6.61 Å². The van der Waals surface area contributed by atoms with E-state index in [4.69, 9.17) is 4.74 Å². The fraction of sp³-hybridized carbons (Fsp3) is 0.667. The van der Waals surface area contributed by atoms with Crippen molar-refractivity contribution in [3.05, 3.63) is 18.3 Å². The normalized spacial score (nSPS) is 23.7. The maximum Gasteiger partial charge on any atom is 0.168 e. The third-order valence-corrected chi connectivity index (χ3v) is 3.76. The molecule has 100 valence electrons. The van der Waals surface area contributed by atoms with Gasteiger partial charge in [0.15, 0.2) is 11.6 Å². The zero-order valence-corrected chi connectivity index (χ0v) is 11.5. The van der Waals surface area contributed by atoms with Crippen LogP contribution in [-0.2, 0) is 0 Å². The first-order valence-corrected chi connectivity index (χ1v) is 7.11. The van der Waals surface area contributed by atoms with Crippen molar-refractivity contribution in [1.29, 1.82) is 0 Å². The summed E-state index contributed by atoms with van der Waals surface area (Å²) in [4.78, 5) is 4.36. The molecule has 0 aliphatic heterocycles. The Morgan fingerprint density at radius 3 is 2.83 bits per heavy atom. The maximum absolute atomic E-state index is 5.57. The van der Waals surface area contributed by atoms with Gasteiger partial charge in [0.2, 0.25) is 0 Å². The van der Waals surface area contributed by atoms with Crippen molar-refractivity contribution in [2.45, 2.75) is 39.5 Å². The largest absolute Gasteiger partial charge is 0.490 e. The van der Waals surface area contributed by atoms with Crippen LogP contribution in [0.15, 0.2) is 18.3 Å². The fourth-order valence-corrected chi connectivity index (χ4v) is 2.57. The number of rotatable bonds is 5. The molecule has 0 saturated heterocycles. The Kier molecular flexibility index (Phi) is 4.85. The lowest BCUT2D eigenvalue weighted by atomic mass is 9.83. The molecule has 3 nitrogen and oxygen atoms in total. The van der Waals surface area contributed by atoms with Gasteiger partial charge < -0.3 is 10.1 Å².